The zero-order valence-electron chi connectivity index (χ0n) is 2.77. The van der Waals surface area contributed by atoms with Gasteiger partial charge in [-0.25, -0.2) is 0 Å². The normalized spacial score (nSPS) is 7.50. The zero-order valence-corrected chi connectivity index (χ0v) is 4.36. The molecule has 0 amide bonds. The molecule has 0 aromatic carbocycles. The second-order valence-corrected chi connectivity index (χ2v) is 1.36. The fraction of sp³-hybridized carbons (Fsp3) is 0. The predicted molar refractivity (Wildman–Crippen MR) is 24.7 cm³/mol. The number of hydrogen-bond donors (Lipinski definition) is 0. The van der Waals surface area contributed by atoms with Gasteiger partial charge in [-0.2, -0.15) is 0 Å². The molecule has 0 aromatic rings. The Morgan fingerprint density at radius 3 is 1.67 bits per heavy atom. The molecule has 6 heavy (non-hydrogen) atoms. The van der Waals surface area contributed by atoms with Gasteiger partial charge in [0.1, 0.15) is 0 Å². The quantitative estimate of drug-likeness (QED) is 0.287. The second-order valence-electron chi connectivity index (χ2n) is 0.638. The van der Waals surface area contributed by atoms with Crippen molar-refractivity contribution in [3.05, 3.63) is 0 Å². The van der Waals surface area contributed by atoms with Crippen molar-refractivity contribution in [1.29, 1.82) is 0 Å². The first-order chi connectivity index (χ1) is 2.64. The van der Waals surface area contributed by atoms with Crippen molar-refractivity contribution in [3.8, 4) is 0 Å². The molecule has 4 heteroatoms. The molecule has 0 spiro atoms. The van der Waals surface area contributed by atoms with Gasteiger partial charge in [-0.3, -0.25) is 4.79 Å². The second kappa shape index (κ2) is 2.13. The van der Waals surface area contributed by atoms with Gasteiger partial charge in [-0.15, -0.1) is 0 Å². The van der Waals surface area contributed by atoms with Crippen molar-refractivity contribution in [3.63, 3.8) is 0 Å². The fourth-order valence-electron chi connectivity index (χ4n) is 0. The highest BCUT2D eigenvalue weighted by atomic mass is 79.9. The lowest BCUT2D eigenvalue weighted by atomic mass is 10.1. The van der Waals surface area contributed by atoms with E-state index in [1.54, 1.807) is 0 Å². The largest absolute Gasteiger partial charge is 0.303 e. The molecule has 0 rings (SSSR count). The molecule has 0 saturated carbocycles. The zero-order chi connectivity index (χ0) is 5.15. The first kappa shape index (κ1) is 5.88. The molecule has 0 atom stereocenters. The van der Waals surface area contributed by atoms with Crippen LogP contribution in [0.5, 0.6) is 0 Å². The molecule has 0 bridgehead atoms. The molecule has 0 aliphatic carbocycles. The standard InChI is InChI=1S/C2BBrO2/c3-1(5)2(4)6. The molecule has 30 valence electrons. The van der Waals surface area contributed by atoms with Gasteiger partial charge < -0.3 is 4.79 Å². The average Bonchev–Trinajstić information content (AvgIpc) is 1.36. The van der Waals surface area contributed by atoms with Gasteiger partial charge in [0.25, 0.3) is 4.69 Å². The van der Waals surface area contributed by atoms with E-state index in [1.807, 2.05) is 0 Å². The molecule has 2 nitrogen and oxygen atoms in total. The van der Waals surface area contributed by atoms with E-state index in [4.69, 9.17) is 0 Å². The predicted octanol–water partition coefficient (Wildman–Crippen LogP) is -0.397. The molecule has 0 heterocycles. The summed E-state index contributed by atoms with van der Waals surface area (Å²) in [5.41, 5.74) is -0.963. The summed E-state index contributed by atoms with van der Waals surface area (Å²) in [4.78, 5) is 19.1. The Morgan fingerprint density at radius 2 is 1.67 bits per heavy atom. The Morgan fingerprint density at radius 1 is 1.50 bits per heavy atom. The average molecular weight is 147 g/mol. The lowest BCUT2D eigenvalue weighted by Crippen LogP contribution is -2.03. The van der Waals surface area contributed by atoms with Crippen LogP contribution in [0.15, 0.2) is 0 Å². The SMILES string of the molecule is [B]C(=O)C(=O)Br. The summed E-state index contributed by atoms with van der Waals surface area (Å²) in [6.45, 7) is 0. The van der Waals surface area contributed by atoms with Crippen LogP contribution in [-0.4, -0.2) is 18.2 Å². The maximum absolute atomic E-state index is 9.59. The summed E-state index contributed by atoms with van der Waals surface area (Å²) in [5.74, 6) is 0. The summed E-state index contributed by atoms with van der Waals surface area (Å²) in [6.07, 6.45) is 0. The fourth-order valence-corrected chi connectivity index (χ4v) is 0. The van der Waals surface area contributed by atoms with Crippen LogP contribution in [-0.2, 0) is 9.59 Å². The van der Waals surface area contributed by atoms with Crippen LogP contribution in [0.4, 0.5) is 0 Å². The van der Waals surface area contributed by atoms with E-state index in [0.29, 0.717) is 0 Å². The number of hydrogen-bond acceptors (Lipinski definition) is 2. The number of halogens is 1. The van der Waals surface area contributed by atoms with Crippen LogP contribution < -0.4 is 0 Å². The Hall–Kier alpha value is -0.115. The third-order valence-corrected chi connectivity index (χ3v) is 0.585. The van der Waals surface area contributed by atoms with Crippen molar-refractivity contribution in [2.45, 2.75) is 0 Å². The highest BCUT2D eigenvalue weighted by molar-refractivity contribution is 9.19. The maximum Gasteiger partial charge on any atom is 0.251 e. The monoisotopic (exact) mass is 146 g/mol. The molecule has 0 N–H and O–H groups in total. The third kappa shape index (κ3) is 2.14. The van der Waals surface area contributed by atoms with Gasteiger partial charge in [0, 0.05) is 0 Å². The Kier molecular flexibility index (Phi) is 2.09. The van der Waals surface area contributed by atoms with Gasteiger partial charge in [0.05, 0.1) is 0 Å². The van der Waals surface area contributed by atoms with Crippen LogP contribution >= 0.6 is 15.9 Å². The minimum Gasteiger partial charge on any atom is -0.303 e. The summed E-state index contributed by atoms with van der Waals surface area (Å²) in [6, 6.07) is 0. The molecule has 0 fully saturated rings. The smallest absolute Gasteiger partial charge is 0.251 e. The molecular formula is C2BBrO2. The van der Waals surface area contributed by atoms with Gasteiger partial charge in [0.15, 0.2) is 13.5 Å². The van der Waals surface area contributed by atoms with E-state index < -0.39 is 10.4 Å². The van der Waals surface area contributed by atoms with Crippen LogP contribution in [0.3, 0.4) is 0 Å². The first-order valence-corrected chi connectivity index (χ1v) is 1.93. The Balaban J connectivity index is 3.57. The number of carbonyl (C=O) groups excluding carboxylic acids is 2. The van der Waals surface area contributed by atoms with Gasteiger partial charge in [0.2, 0.25) is 0 Å². The van der Waals surface area contributed by atoms with E-state index >= 15 is 0 Å². The summed E-state index contributed by atoms with van der Waals surface area (Å²) in [7, 11) is 4.40. The van der Waals surface area contributed by atoms with Gasteiger partial charge in [-0.05, 0) is 15.9 Å². The summed E-state index contributed by atoms with van der Waals surface area (Å²) >= 11 is 2.33. The van der Waals surface area contributed by atoms with Gasteiger partial charge >= 0.3 is 0 Å². The third-order valence-electron chi connectivity index (χ3n) is 0.194. The highest BCUT2D eigenvalue weighted by Gasteiger charge is 1.96. The van der Waals surface area contributed by atoms with Crippen LogP contribution in [0.2, 0.25) is 0 Å². The number of rotatable bonds is 1. The van der Waals surface area contributed by atoms with Crippen molar-refractivity contribution >= 4 is 34.2 Å². The van der Waals surface area contributed by atoms with Gasteiger partial charge in [-0.1, -0.05) is 0 Å². The van der Waals surface area contributed by atoms with Crippen LogP contribution in [0, 0.1) is 0 Å². The van der Waals surface area contributed by atoms with Crippen molar-refractivity contribution < 1.29 is 9.59 Å². The lowest BCUT2D eigenvalue weighted by molar-refractivity contribution is -0.126. The molecule has 0 aliphatic rings. The Labute approximate surface area is 44.4 Å². The van der Waals surface area contributed by atoms with Crippen LogP contribution in [0.25, 0.3) is 0 Å². The maximum atomic E-state index is 9.59. The first-order valence-electron chi connectivity index (χ1n) is 1.14. The molecular weight excluding hydrogens is 147 g/mol. The van der Waals surface area contributed by atoms with Crippen LogP contribution in [0.1, 0.15) is 0 Å². The minimum atomic E-state index is -0.963. The molecule has 0 saturated heterocycles. The molecule has 2 radical (unpaired) electrons. The van der Waals surface area contributed by atoms with E-state index in [2.05, 4.69) is 23.8 Å². The highest BCUT2D eigenvalue weighted by Crippen LogP contribution is 1.79. The van der Waals surface area contributed by atoms with Crippen molar-refractivity contribution in [1.82, 2.24) is 0 Å². The minimum absolute atomic E-state index is 0.789. The topological polar surface area (TPSA) is 34.1 Å². The van der Waals surface area contributed by atoms with E-state index in [-0.39, 0.29) is 0 Å². The lowest BCUT2D eigenvalue weighted by Gasteiger charge is -1.71. The molecule has 0 unspecified atom stereocenters. The van der Waals surface area contributed by atoms with Crippen molar-refractivity contribution in [2.24, 2.45) is 0 Å². The summed E-state index contributed by atoms with van der Waals surface area (Å²) in [5, 5.41) is 0. The van der Waals surface area contributed by atoms with E-state index in [1.165, 1.54) is 0 Å². The van der Waals surface area contributed by atoms with E-state index in [0.717, 1.165) is 0 Å². The Bertz CT molecular complexity index is 77.5. The molecule has 0 aromatic heterocycles. The molecule has 0 aliphatic heterocycles. The summed E-state index contributed by atoms with van der Waals surface area (Å²) < 4.78 is -0.789. The van der Waals surface area contributed by atoms with Crippen molar-refractivity contribution in [2.75, 3.05) is 0 Å². The number of carbonyl (C=O) groups is 2. The van der Waals surface area contributed by atoms with E-state index in [9.17, 15) is 9.59 Å².